The van der Waals surface area contributed by atoms with Crippen molar-refractivity contribution in [3.8, 4) is 0 Å². The van der Waals surface area contributed by atoms with Crippen LogP contribution in [0.3, 0.4) is 0 Å². The number of unbranched alkanes of at least 4 members (excludes halogenated alkanes) is 1. The summed E-state index contributed by atoms with van der Waals surface area (Å²) < 4.78 is 11.3. The van der Waals surface area contributed by atoms with Crippen LogP contribution in [0.15, 0.2) is 0 Å². The largest absolute Gasteiger partial charge is 0.331 e. The van der Waals surface area contributed by atoms with E-state index in [1.54, 1.807) is 0 Å². The summed E-state index contributed by atoms with van der Waals surface area (Å²) >= 11 is 0. The van der Waals surface area contributed by atoms with Crippen molar-refractivity contribution in [2.75, 3.05) is 0 Å². The number of hydrogen-bond acceptors (Lipinski definition) is 1. The summed E-state index contributed by atoms with van der Waals surface area (Å²) in [7, 11) is -3.94. The Morgan fingerprint density at radius 2 is 1.62 bits per heavy atom. The summed E-state index contributed by atoms with van der Waals surface area (Å²) in [5.74, 6) is 0. The maximum absolute atomic E-state index is 11.3. The minimum Gasteiger partial charge on any atom is -0.324 e. The molecule has 0 aliphatic rings. The molecule has 0 amide bonds. The van der Waals surface area contributed by atoms with Crippen molar-refractivity contribution in [2.45, 2.75) is 58.0 Å². The third-order valence-corrected chi connectivity index (χ3v) is 5.02. The number of hydrogen-bond donors (Lipinski definition) is 2. The molecule has 0 aliphatic carbocycles. The molecule has 0 bridgehead atoms. The molecule has 0 spiro atoms. The maximum atomic E-state index is 11.3. The van der Waals surface area contributed by atoms with Crippen molar-refractivity contribution >= 4 is 7.60 Å². The molecule has 0 unspecified atom stereocenters. The quantitative estimate of drug-likeness (QED) is 0.660. The Hall–Kier alpha value is 0.150. The summed E-state index contributed by atoms with van der Waals surface area (Å²) in [5.41, 5.74) is 0. The summed E-state index contributed by atoms with van der Waals surface area (Å²) in [6, 6.07) is 0. The molecule has 0 rings (SSSR count). The van der Waals surface area contributed by atoms with Gasteiger partial charge in [-0.2, -0.15) is 0 Å². The van der Waals surface area contributed by atoms with E-state index in [9.17, 15) is 14.4 Å². The predicted molar refractivity (Wildman–Crippen MR) is 54.9 cm³/mol. The molecule has 3 nitrogen and oxygen atoms in total. The van der Waals surface area contributed by atoms with E-state index in [0.717, 1.165) is 12.8 Å². The minimum atomic E-state index is -3.94. The first-order valence-electron chi connectivity index (χ1n) is 4.99. The van der Waals surface area contributed by atoms with E-state index in [4.69, 9.17) is 0 Å². The van der Waals surface area contributed by atoms with Gasteiger partial charge in [-0.05, 0) is 19.3 Å². The van der Waals surface area contributed by atoms with Crippen LogP contribution in [0.1, 0.15) is 52.9 Å². The molecule has 0 aromatic rings. The lowest BCUT2D eigenvalue weighted by molar-refractivity contribution is 0.301. The molecule has 0 atom stereocenters. The predicted octanol–water partition coefficient (Wildman–Crippen LogP) is 2.91. The molecule has 0 aromatic carbocycles. The molecule has 0 aliphatic heterocycles. The highest BCUT2D eigenvalue weighted by Gasteiger charge is 2.42. The molecule has 0 heterocycles. The molecule has 4 heteroatoms. The Bertz CT molecular complexity index is 181. The van der Waals surface area contributed by atoms with E-state index in [0.29, 0.717) is 19.3 Å². The van der Waals surface area contributed by atoms with Gasteiger partial charge in [0.25, 0.3) is 0 Å². The summed E-state index contributed by atoms with van der Waals surface area (Å²) in [4.78, 5) is 18.5. The van der Waals surface area contributed by atoms with Crippen molar-refractivity contribution < 1.29 is 14.4 Å². The summed E-state index contributed by atoms with van der Waals surface area (Å²) in [5, 5.41) is -0.761. The van der Waals surface area contributed by atoms with E-state index in [2.05, 4.69) is 0 Å². The lowest BCUT2D eigenvalue weighted by atomic mass is 9.95. The van der Waals surface area contributed by atoms with Gasteiger partial charge in [0.2, 0.25) is 0 Å². The Balaban J connectivity index is 4.60. The Labute approximate surface area is 80.7 Å². The van der Waals surface area contributed by atoms with Gasteiger partial charge < -0.3 is 9.79 Å². The molecular formula is C9H21O3P. The molecular weight excluding hydrogens is 187 g/mol. The molecule has 0 fully saturated rings. The normalized spacial score (nSPS) is 13.3. The smallest absolute Gasteiger partial charge is 0.324 e. The second kappa shape index (κ2) is 5.14. The van der Waals surface area contributed by atoms with Gasteiger partial charge in [-0.25, -0.2) is 0 Å². The van der Waals surface area contributed by atoms with Gasteiger partial charge in [-0.1, -0.05) is 33.6 Å². The van der Waals surface area contributed by atoms with Crippen LogP contribution in [0.25, 0.3) is 0 Å². The zero-order valence-electron chi connectivity index (χ0n) is 8.79. The molecule has 13 heavy (non-hydrogen) atoms. The average Bonchev–Trinajstić information content (AvgIpc) is 2.05. The van der Waals surface area contributed by atoms with Crippen molar-refractivity contribution in [1.82, 2.24) is 0 Å². The fraction of sp³-hybridized carbons (Fsp3) is 1.00. The zero-order chi connectivity index (χ0) is 10.5. The lowest BCUT2D eigenvalue weighted by Gasteiger charge is -2.32. The van der Waals surface area contributed by atoms with Crippen molar-refractivity contribution in [2.24, 2.45) is 0 Å². The van der Waals surface area contributed by atoms with Crippen LogP contribution in [-0.2, 0) is 4.57 Å². The standard InChI is InChI=1S/C9H21O3P/c1-4-7-8-9(5-2,6-3)13(10,11)12/h4-8H2,1-3H3,(H2,10,11,12). The van der Waals surface area contributed by atoms with E-state index in [-0.39, 0.29) is 0 Å². The van der Waals surface area contributed by atoms with Gasteiger partial charge in [0.15, 0.2) is 0 Å². The molecule has 0 radical (unpaired) electrons. The van der Waals surface area contributed by atoms with Crippen LogP contribution in [-0.4, -0.2) is 14.9 Å². The van der Waals surface area contributed by atoms with Crippen LogP contribution < -0.4 is 0 Å². The molecule has 2 N–H and O–H groups in total. The van der Waals surface area contributed by atoms with Crippen molar-refractivity contribution in [3.63, 3.8) is 0 Å². The van der Waals surface area contributed by atoms with Gasteiger partial charge in [0.05, 0.1) is 5.16 Å². The summed E-state index contributed by atoms with van der Waals surface area (Å²) in [6.45, 7) is 5.76. The number of rotatable bonds is 6. The monoisotopic (exact) mass is 208 g/mol. The fourth-order valence-electron chi connectivity index (χ4n) is 1.67. The van der Waals surface area contributed by atoms with Gasteiger partial charge in [0.1, 0.15) is 0 Å². The highest BCUT2D eigenvalue weighted by Crippen LogP contribution is 2.56. The second-order valence-electron chi connectivity index (χ2n) is 3.58. The zero-order valence-corrected chi connectivity index (χ0v) is 9.68. The topological polar surface area (TPSA) is 57.5 Å². The van der Waals surface area contributed by atoms with Crippen LogP contribution in [0, 0.1) is 0 Å². The SMILES string of the molecule is CCCCC(CC)(CC)P(=O)(O)O. The van der Waals surface area contributed by atoms with Gasteiger partial charge in [0, 0.05) is 0 Å². The first-order valence-corrected chi connectivity index (χ1v) is 6.60. The highest BCUT2D eigenvalue weighted by atomic mass is 31.2. The second-order valence-corrected chi connectivity index (χ2v) is 5.62. The van der Waals surface area contributed by atoms with Gasteiger partial charge in [-0.3, -0.25) is 4.57 Å². The lowest BCUT2D eigenvalue weighted by Crippen LogP contribution is -2.27. The van der Waals surface area contributed by atoms with Gasteiger partial charge >= 0.3 is 7.60 Å². The third kappa shape index (κ3) is 3.08. The first-order chi connectivity index (χ1) is 5.93. The van der Waals surface area contributed by atoms with Crippen LogP contribution in [0.4, 0.5) is 0 Å². The Morgan fingerprint density at radius 1 is 1.15 bits per heavy atom. The van der Waals surface area contributed by atoms with Gasteiger partial charge in [-0.15, -0.1) is 0 Å². The van der Waals surface area contributed by atoms with Crippen LogP contribution in [0.2, 0.25) is 0 Å². The molecule has 0 saturated heterocycles. The minimum absolute atomic E-state index is 0.563. The van der Waals surface area contributed by atoms with Crippen molar-refractivity contribution in [3.05, 3.63) is 0 Å². The Kier molecular flexibility index (Phi) is 5.19. The molecule has 80 valence electrons. The highest BCUT2D eigenvalue weighted by molar-refractivity contribution is 7.53. The summed E-state index contributed by atoms with van der Waals surface area (Å²) in [6.07, 6.45) is 3.65. The van der Waals surface area contributed by atoms with E-state index >= 15 is 0 Å². The van der Waals surface area contributed by atoms with E-state index < -0.39 is 12.8 Å². The van der Waals surface area contributed by atoms with Crippen LogP contribution >= 0.6 is 7.60 Å². The third-order valence-electron chi connectivity index (χ3n) is 2.93. The van der Waals surface area contributed by atoms with Crippen LogP contribution in [0.5, 0.6) is 0 Å². The Morgan fingerprint density at radius 3 is 1.85 bits per heavy atom. The van der Waals surface area contributed by atoms with Crippen molar-refractivity contribution in [1.29, 1.82) is 0 Å². The average molecular weight is 208 g/mol. The molecule has 0 aromatic heterocycles. The van der Waals surface area contributed by atoms with E-state index in [1.165, 1.54) is 0 Å². The van der Waals surface area contributed by atoms with E-state index in [1.807, 2.05) is 20.8 Å². The molecule has 0 saturated carbocycles. The fourth-order valence-corrected chi connectivity index (χ4v) is 2.94. The first kappa shape index (κ1) is 13.2. The maximum Gasteiger partial charge on any atom is 0.331 e.